The van der Waals surface area contributed by atoms with Crippen molar-refractivity contribution in [1.82, 2.24) is 0 Å². The van der Waals surface area contributed by atoms with Gasteiger partial charge in [-0.05, 0) is 19.8 Å². The van der Waals surface area contributed by atoms with E-state index in [4.69, 9.17) is 13.3 Å². The van der Waals surface area contributed by atoms with Gasteiger partial charge >= 0.3 is 8.80 Å². The highest BCUT2D eigenvalue weighted by Gasteiger charge is 2.33. The summed E-state index contributed by atoms with van der Waals surface area (Å²) in [4.78, 5) is 0. The van der Waals surface area contributed by atoms with E-state index < -0.39 is 8.80 Å². The first-order valence-corrected chi connectivity index (χ1v) is 8.32. The predicted molar refractivity (Wildman–Crippen MR) is 65.0 cm³/mol. The summed E-state index contributed by atoms with van der Waals surface area (Å²) in [5.74, 6) is 0. The van der Waals surface area contributed by atoms with Crippen LogP contribution in [0.3, 0.4) is 0 Å². The normalized spacial score (nSPS) is 12.0. The molecule has 0 bridgehead atoms. The van der Waals surface area contributed by atoms with Crippen LogP contribution in [0.1, 0.15) is 46.5 Å². The first-order valence-electron chi connectivity index (χ1n) is 6.10. The highest BCUT2D eigenvalue weighted by molar-refractivity contribution is 6.59. The number of rotatable bonds is 10. The molecule has 0 rings (SSSR count). The second-order valence-corrected chi connectivity index (χ2v) is 6.29. The van der Waals surface area contributed by atoms with Crippen molar-refractivity contribution in [2.45, 2.75) is 53.0 Å². The summed E-state index contributed by atoms with van der Waals surface area (Å²) in [6.45, 7) is 10.5. The highest BCUT2D eigenvalue weighted by atomic mass is 28.4. The standard InChI is InChI=1S/C11H26O3Si/c1-5-8-10-13-15(4,12-7-3)14-11-9-6-2/h5-11H2,1-4H3. The zero-order valence-corrected chi connectivity index (χ0v) is 11.7. The molecule has 0 unspecified atom stereocenters. The molecular weight excluding hydrogens is 208 g/mol. The molecule has 0 N–H and O–H groups in total. The maximum absolute atomic E-state index is 5.75. The summed E-state index contributed by atoms with van der Waals surface area (Å²) < 4.78 is 17.1. The monoisotopic (exact) mass is 234 g/mol. The van der Waals surface area contributed by atoms with Crippen molar-refractivity contribution in [3.8, 4) is 0 Å². The fourth-order valence-corrected chi connectivity index (χ4v) is 3.00. The summed E-state index contributed by atoms with van der Waals surface area (Å²) in [6.07, 6.45) is 4.44. The molecule has 92 valence electrons. The van der Waals surface area contributed by atoms with E-state index in [1.54, 1.807) is 0 Å². The van der Waals surface area contributed by atoms with Crippen molar-refractivity contribution in [3.05, 3.63) is 0 Å². The molecule has 15 heavy (non-hydrogen) atoms. The van der Waals surface area contributed by atoms with Gasteiger partial charge in [0.25, 0.3) is 0 Å². The molecule has 0 fully saturated rings. The van der Waals surface area contributed by atoms with E-state index >= 15 is 0 Å². The van der Waals surface area contributed by atoms with Crippen LogP contribution in [0.15, 0.2) is 0 Å². The third-order valence-corrected chi connectivity index (χ3v) is 4.40. The minimum atomic E-state index is -2.32. The van der Waals surface area contributed by atoms with Gasteiger partial charge < -0.3 is 13.3 Å². The summed E-state index contributed by atoms with van der Waals surface area (Å²) in [6, 6.07) is 0. The Morgan fingerprint density at radius 1 is 0.800 bits per heavy atom. The molecule has 0 aliphatic carbocycles. The van der Waals surface area contributed by atoms with Crippen molar-refractivity contribution >= 4 is 8.80 Å². The van der Waals surface area contributed by atoms with Crippen molar-refractivity contribution in [3.63, 3.8) is 0 Å². The average Bonchev–Trinajstić information content (AvgIpc) is 2.19. The Balaban J connectivity index is 3.83. The second kappa shape index (κ2) is 9.33. The van der Waals surface area contributed by atoms with Gasteiger partial charge in [-0.15, -0.1) is 0 Å². The fourth-order valence-electron chi connectivity index (χ4n) is 1.19. The molecule has 0 spiro atoms. The lowest BCUT2D eigenvalue weighted by Crippen LogP contribution is -2.43. The second-order valence-electron chi connectivity index (χ2n) is 3.70. The van der Waals surface area contributed by atoms with Crippen LogP contribution >= 0.6 is 0 Å². The fraction of sp³-hybridized carbons (Fsp3) is 1.00. The van der Waals surface area contributed by atoms with E-state index in [0.29, 0.717) is 6.61 Å². The van der Waals surface area contributed by atoms with E-state index in [9.17, 15) is 0 Å². The third-order valence-electron chi connectivity index (χ3n) is 2.13. The van der Waals surface area contributed by atoms with Crippen LogP contribution in [0.5, 0.6) is 0 Å². The number of unbranched alkanes of at least 4 members (excludes halogenated alkanes) is 2. The first kappa shape index (κ1) is 15.1. The Labute approximate surface area is 95.5 Å². The van der Waals surface area contributed by atoms with E-state index in [2.05, 4.69) is 13.8 Å². The molecule has 0 aromatic carbocycles. The van der Waals surface area contributed by atoms with Crippen LogP contribution in [0, 0.1) is 0 Å². The van der Waals surface area contributed by atoms with Crippen molar-refractivity contribution in [1.29, 1.82) is 0 Å². The minimum Gasteiger partial charge on any atom is -0.374 e. The van der Waals surface area contributed by atoms with Gasteiger partial charge in [0, 0.05) is 26.4 Å². The molecule has 0 amide bonds. The largest absolute Gasteiger partial charge is 0.497 e. The summed E-state index contributed by atoms with van der Waals surface area (Å²) in [5, 5.41) is 0. The highest BCUT2D eigenvalue weighted by Crippen LogP contribution is 2.11. The van der Waals surface area contributed by atoms with Gasteiger partial charge in [0.05, 0.1) is 0 Å². The van der Waals surface area contributed by atoms with E-state index in [1.165, 1.54) is 0 Å². The summed E-state index contributed by atoms with van der Waals surface area (Å²) in [5.41, 5.74) is 0. The summed E-state index contributed by atoms with van der Waals surface area (Å²) >= 11 is 0. The Bertz CT molecular complexity index is 132. The Hall–Kier alpha value is 0.0969. The van der Waals surface area contributed by atoms with Crippen molar-refractivity contribution in [2.24, 2.45) is 0 Å². The van der Waals surface area contributed by atoms with Gasteiger partial charge in [-0.25, -0.2) is 0 Å². The van der Waals surface area contributed by atoms with E-state index in [1.807, 2.05) is 13.5 Å². The molecule has 0 heterocycles. The SMILES string of the molecule is CCCCO[Si](C)(OCC)OCCCC. The van der Waals surface area contributed by atoms with Crippen molar-refractivity contribution in [2.75, 3.05) is 19.8 Å². The zero-order valence-electron chi connectivity index (χ0n) is 10.7. The molecule has 0 aliphatic rings. The topological polar surface area (TPSA) is 27.7 Å². The van der Waals surface area contributed by atoms with Gasteiger partial charge in [0.2, 0.25) is 0 Å². The van der Waals surface area contributed by atoms with Gasteiger partial charge in [-0.3, -0.25) is 0 Å². The van der Waals surface area contributed by atoms with Gasteiger partial charge in [-0.1, -0.05) is 26.7 Å². The lowest BCUT2D eigenvalue weighted by Gasteiger charge is -2.25. The average molecular weight is 234 g/mol. The van der Waals surface area contributed by atoms with E-state index in [-0.39, 0.29) is 0 Å². The van der Waals surface area contributed by atoms with Crippen molar-refractivity contribution < 1.29 is 13.3 Å². The van der Waals surface area contributed by atoms with Gasteiger partial charge in [0.1, 0.15) is 0 Å². The quantitative estimate of drug-likeness (QED) is 0.429. The third kappa shape index (κ3) is 7.96. The molecular formula is C11H26O3Si. The molecule has 0 aromatic heterocycles. The Morgan fingerprint density at radius 3 is 1.60 bits per heavy atom. The maximum Gasteiger partial charge on any atom is 0.497 e. The van der Waals surface area contributed by atoms with Gasteiger partial charge in [-0.2, -0.15) is 0 Å². The molecule has 0 saturated heterocycles. The van der Waals surface area contributed by atoms with Crippen LogP contribution in [0.25, 0.3) is 0 Å². The predicted octanol–water partition coefficient (Wildman–Crippen LogP) is 3.23. The van der Waals surface area contributed by atoms with Crippen LogP contribution < -0.4 is 0 Å². The zero-order chi connectivity index (χ0) is 11.6. The van der Waals surface area contributed by atoms with Crippen LogP contribution in [0.2, 0.25) is 6.55 Å². The molecule has 0 radical (unpaired) electrons. The molecule has 0 saturated carbocycles. The summed E-state index contributed by atoms with van der Waals surface area (Å²) in [7, 11) is -2.32. The molecule has 3 nitrogen and oxygen atoms in total. The smallest absolute Gasteiger partial charge is 0.374 e. The molecule has 0 aromatic rings. The first-order chi connectivity index (χ1) is 7.18. The Kier molecular flexibility index (Phi) is 9.39. The molecule has 0 atom stereocenters. The molecule has 0 aliphatic heterocycles. The number of hydrogen-bond donors (Lipinski definition) is 0. The van der Waals surface area contributed by atoms with Crippen LogP contribution in [-0.4, -0.2) is 28.6 Å². The van der Waals surface area contributed by atoms with Gasteiger partial charge in [0.15, 0.2) is 0 Å². The maximum atomic E-state index is 5.75. The number of hydrogen-bond acceptors (Lipinski definition) is 3. The molecule has 4 heteroatoms. The van der Waals surface area contributed by atoms with Crippen LogP contribution in [-0.2, 0) is 13.3 Å². The lowest BCUT2D eigenvalue weighted by molar-refractivity contribution is 0.0677. The van der Waals surface area contributed by atoms with E-state index in [0.717, 1.165) is 38.9 Å². The Morgan fingerprint density at radius 2 is 1.27 bits per heavy atom. The minimum absolute atomic E-state index is 0.668. The lowest BCUT2D eigenvalue weighted by atomic mass is 10.4. The van der Waals surface area contributed by atoms with Crippen LogP contribution in [0.4, 0.5) is 0 Å².